The van der Waals surface area contributed by atoms with E-state index in [1.165, 1.54) is 12.4 Å². The third kappa shape index (κ3) is 4.56. The summed E-state index contributed by atoms with van der Waals surface area (Å²) in [5, 5.41) is 17.6. The largest absolute Gasteiger partial charge is 0.487 e. The molecule has 1 aliphatic rings. The van der Waals surface area contributed by atoms with Crippen molar-refractivity contribution >= 4 is 29.1 Å². The van der Waals surface area contributed by atoms with Gasteiger partial charge in [0.15, 0.2) is 11.5 Å². The molecular weight excluding hydrogens is 344 g/mol. The lowest BCUT2D eigenvalue weighted by Gasteiger charge is -2.17. The standard InChI is InChI=1S/C16H15ClN6O2/c17-10-1-2-14(25-12-3-4-19-8-12)13(5-10)22-16(24)23-15-9-20-11(6-18)7-21-15/h1-2,5,7,9,12,19H,3-4,8H2,(H2,21,22,23,24)/t12-/m1/s1. The summed E-state index contributed by atoms with van der Waals surface area (Å²) in [4.78, 5) is 19.9. The van der Waals surface area contributed by atoms with Crippen LogP contribution in [0, 0.1) is 11.3 Å². The highest BCUT2D eigenvalue weighted by molar-refractivity contribution is 6.31. The first-order chi connectivity index (χ1) is 12.1. The number of ether oxygens (including phenoxy) is 1. The van der Waals surface area contributed by atoms with Gasteiger partial charge in [0.2, 0.25) is 0 Å². The van der Waals surface area contributed by atoms with Crippen LogP contribution in [-0.2, 0) is 0 Å². The lowest BCUT2D eigenvalue weighted by atomic mass is 10.2. The van der Waals surface area contributed by atoms with Crippen LogP contribution in [0.3, 0.4) is 0 Å². The predicted molar refractivity (Wildman–Crippen MR) is 92.7 cm³/mol. The highest BCUT2D eigenvalue weighted by Crippen LogP contribution is 2.29. The number of anilines is 2. The lowest BCUT2D eigenvalue weighted by Crippen LogP contribution is -2.23. The fraction of sp³-hybridized carbons (Fsp3) is 0.250. The number of nitriles is 1. The maximum Gasteiger partial charge on any atom is 0.325 e. The van der Waals surface area contributed by atoms with Crippen molar-refractivity contribution in [2.24, 2.45) is 0 Å². The Bertz CT molecular complexity index is 799. The van der Waals surface area contributed by atoms with Gasteiger partial charge in [0.05, 0.1) is 18.1 Å². The van der Waals surface area contributed by atoms with Crippen molar-refractivity contribution in [3.63, 3.8) is 0 Å². The quantitative estimate of drug-likeness (QED) is 0.773. The third-order valence-electron chi connectivity index (χ3n) is 3.51. The highest BCUT2D eigenvalue weighted by atomic mass is 35.5. The first-order valence-corrected chi connectivity index (χ1v) is 7.99. The SMILES string of the molecule is N#Cc1cnc(NC(=O)Nc2cc(Cl)ccc2O[C@@H]2CCNC2)cn1. The zero-order valence-corrected chi connectivity index (χ0v) is 13.9. The first kappa shape index (κ1) is 17.0. The van der Waals surface area contributed by atoms with E-state index in [-0.39, 0.29) is 17.6 Å². The Hall–Kier alpha value is -2.89. The van der Waals surface area contributed by atoms with Gasteiger partial charge >= 0.3 is 6.03 Å². The average molecular weight is 359 g/mol. The van der Waals surface area contributed by atoms with E-state index in [1.807, 2.05) is 6.07 Å². The van der Waals surface area contributed by atoms with Gasteiger partial charge in [0.1, 0.15) is 17.9 Å². The Balaban J connectivity index is 1.68. The maximum absolute atomic E-state index is 12.2. The molecule has 1 aliphatic heterocycles. The molecule has 1 saturated heterocycles. The predicted octanol–water partition coefficient (Wildman–Crippen LogP) is 2.39. The summed E-state index contributed by atoms with van der Waals surface area (Å²) in [6.45, 7) is 1.66. The molecule has 0 saturated carbocycles. The molecular formula is C16H15ClN6O2. The van der Waals surface area contributed by atoms with Crippen molar-refractivity contribution in [1.82, 2.24) is 15.3 Å². The van der Waals surface area contributed by atoms with Crippen molar-refractivity contribution in [3.05, 3.63) is 41.3 Å². The maximum atomic E-state index is 12.2. The number of carbonyl (C=O) groups is 1. The van der Waals surface area contributed by atoms with E-state index in [2.05, 4.69) is 25.9 Å². The van der Waals surface area contributed by atoms with Crippen LogP contribution >= 0.6 is 11.6 Å². The summed E-state index contributed by atoms with van der Waals surface area (Å²) < 4.78 is 5.92. The number of nitrogens with one attached hydrogen (secondary N) is 3. The second-order valence-corrected chi connectivity index (χ2v) is 5.79. The van der Waals surface area contributed by atoms with Gasteiger partial charge in [-0.3, -0.25) is 5.32 Å². The van der Waals surface area contributed by atoms with Crippen LogP contribution in [0.4, 0.5) is 16.3 Å². The van der Waals surface area contributed by atoms with Gasteiger partial charge in [-0.25, -0.2) is 14.8 Å². The van der Waals surface area contributed by atoms with E-state index in [4.69, 9.17) is 21.6 Å². The zero-order valence-electron chi connectivity index (χ0n) is 13.1. The van der Waals surface area contributed by atoms with Crippen molar-refractivity contribution in [3.8, 4) is 11.8 Å². The summed E-state index contributed by atoms with van der Waals surface area (Å²) in [5.74, 6) is 0.764. The number of aromatic nitrogens is 2. The Labute approximate surface area is 149 Å². The van der Waals surface area contributed by atoms with Gasteiger partial charge in [-0.2, -0.15) is 5.26 Å². The molecule has 9 heteroatoms. The van der Waals surface area contributed by atoms with Crippen LogP contribution < -0.4 is 20.7 Å². The van der Waals surface area contributed by atoms with Gasteiger partial charge in [-0.15, -0.1) is 0 Å². The van der Waals surface area contributed by atoms with Crippen molar-refractivity contribution in [2.75, 3.05) is 23.7 Å². The van der Waals surface area contributed by atoms with Crippen LogP contribution in [0.15, 0.2) is 30.6 Å². The fourth-order valence-electron chi connectivity index (χ4n) is 2.33. The number of carbonyl (C=O) groups excluding carboxylic acids is 1. The van der Waals surface area contributed by atoms with Crippen molar-refractivity contribution < 1.29 is 9.53 Å². The minimum Gasteiger partial charge on any atom is -0.487 e. The summed E-state index contributed by atoms with van der Waals surface area (Å²) in [6, 6.07) is 6.38. The molecule has 8 nitrogen and oxygen atoms in total. The molecule has 0 radical (unpaired) electrons. The van der Waals surface area contributed by atoms with Gasteiger partial charge in [-0.05, 0) is 31.2 Å². The molecule has 2 heterocycles. The summed E-state index contributed by atoms with van der Waals surface area (Å²) in [7, 11) is 0. The summed E-state index contributed by atoms with van der Waals surface area (Å²) in [5.41, 5.74) is 0.625. The molecule has 0 bridgehead atoms. The van der Waals surface area contributed by atoms with Crippen LogP contribution in [0.5, 0.6) is 5.75 Å². The number of nitrogens with zero attached hydrogens (tertiary/aromatic N) is 3. The summed E-state index contributed by atoms with van der Waals surface area (Å²) >= 11 is 6.02. The molecule has 3 rings (SSSR count). The van der Waals surface area contributed by atoms with Crippen LogP contribution in [-0.4, -0.2) is 35.2 Å². The minimum atomic E-state index is -0.518. The molecule has 25 heavy (non-hydrogen) atoms. The van der Waals surface area contributed by atoms with E-state index in [0.717, 1.165) is 19.5 Å². The number of benzene rings is 1. The molecule has 0 aliphatic carbocycles. The Morgan fingerprint density at radius 3 is 2.92 bits per heavy atom. The second-order valence-electron chi connectivity index (χ2n) is 5.35. The first-order valence-electron chi connectivity index (χ1n) is 7.61. The zero-order chi connectivity index (χ0) is 17.6. The number of rotatable bonds is 4. The van der Waals surface area contributed by atoms with Gasteiger partial charge < -0.3 is 15.4 Å². The van der Waals surface area contributed by atoms with E-state index in [0.29, 0.717) is 16.5 Å². The lowest BCUT2D eigenvalue weighted by molar-refractivity contribution is 0.224. The molecule has 0 spiro atoms. The van der Waals surface area contributed by atoms with Gasteiger partial charge in [0, 0.05) is 11.6 Å². The van der Waals surface area contributed by atoms with E-state index in [1.54, 1.807) is 18.2 Å². The summed E-state index contributed by atoms with van der Waals surface area (Å²) in [6.07, 6.45) is 3.53. The molecule has 1 fully saturated rings. The normalized spacial score (nSPS) is 16.1. The van der Waals surface area contributed by atoms with E-state index < -0.39 is 6.03 Å². The number of hydrogen-bond acceptors (Lipinski definition) is 6. The third-order valence-corrected chi connectivity index (χ3v) is 3.74. The Kier molecular flexibility index (Phi) is 5.28. The Morgan fingerprint density at radius 1 is 1.36 bits per heavy atom. The number of amides is 2. The fourth-order valence-corrected chi connectivity index (χ4v) is 2.50. The van der Waals surface area contributed by atoms with Crippen molar-refractivity contribution in [1.29, 1.82) is 5.26 Å². The number of urea groups is 1. The molecule has 1 aromatic carbocycles. The topological polar surface area (TPSA) is 112 Å². The molecule has 2 aromatic rings. The molecule has 1 aromatic heterocycles. The smallest absolute Gasteiger partial charge is 0.325 e. The monoisotopic (exact) mass is 358 g/mol. The molecule has 2 amide bonds. The molecule has 3 N–H and O–H groups in total. The molecule has 1 atom stereocenters. The second kappa shape index (κ2) is 7.79. The molecule has 0 unspecified atom stereocenters. The van der Waals surface area contributed by atoms with Crippen molar-refractivity contribution in [2.45, 2.75) is 12.5 Å². The van der Waals surface area contributed by atoms with Crippen LogP contribution in [0.2, 0.25) is 5.02 Å². The highest BCUT2D eigenvalue weighted by Gasteiger charge is 2.18. The van der Waals surface area contributed by atoms with Crippen LogP contribution in [0.25, 0.3) is 0 Å². The average Bonchev–Trinajstić information content (AvgIpc) is 3.11. The van der Waals surface area contributed by atoms with Gasteiger partial charge in [0.25, 0.3) is 0 Å². The minimum absolute atomic E-state index is 0.0502. The molecule has 128 valence electrons. The van der Waals surface area contributed by atoms with Crippen LogP contribution in [0.1, 0.15) is 12.1 Å². The Morgan fingerprint density at radius 2 is 2.24 bits per heavy atom. The number of hydrogen-bond donors (Lipinski definition) is 3. The number of halogens is 1. The van der Waals surface area contributed by atoms with Gasteiger partial charge in [-0.1, -0.05) is 11.6 Å². The van der Waals surface area contributed by atoms with E-state index in [9.17, 15) is 4.79 Å². The van der Waals surface area contributed by atoms with E-state index >= 15 is 0 Å².